The summed E-state index contributed by atoms with van der Waals surface area (Å²) >= 11 is 7.56. The van der Waals surface area contributed by atoms with Gasteiger partial charge in [0.1, 0.15) is 5.02 Å². The molecule has 0 fully saturated rings. The molecular weight excluding hydrogens is 194 g/mol. The second-order valence-corrected chi connectivity index (χ2v) is 3.86. The van der Waals surface area contributed by atoms with Crippen LogP contribution >= 0.6 is 23.4 Å². The lowest BCUT2D eigenvalue weighted by Gasteiger charge is -1.98. The summed E-state index contributed by atoms with van der Waals surface area (Å²) in [5.41, 5.74) is 5.48. The van der Waals surface area contributed by atoms with Crippen molar-refractivity contribution in [2.75, 3.05) is 17.7 Å². The maximum absolute atomic E-state index is 5.73. The molecule has 1 aromatic heterocycles. The quantitative estimate of drug-likeness (QED) is 0.764. The lowest BCUT2D eigenvalue weighted by atomic mass is 10.5. The van der Waals surface area contributed by atoms with E-state index in [9.17, 15) is 0 Å². The smallest absolute Gasteiger partial charge is 0.164 e. The van der Waals surface area contributed by atoms with E-state index in [1.807, 2.05) is 11.8 Å². The van der Waals surface area contributed by atoms with Crippen LogP contribution in [0.25, 0.3) is 0 Å². The molecule has 0 aliphatic heterocycles. The number of anilines is 1. The molecule has 0 saturated carbocycles. The second-order valence-electron chi connectivity index (χ2n) is 2.47. The van der Waals surface area contributed by atoms with Crippen LogP contribution in [0.15, 0.2) is 6.20 Å². The van der Waals surface area contributed by atoms with Crippen LogP contribution in [0.4, 0.5) is 5.82 Å². The molecule has 1 aromatic rings. The number of hydrogen-bond donors (Lipinski definition) is 1. The van der Waals surface area contributed by atoms with E-state index < -0.39 is 0 Å². The van der Waals surface area contributed by atoms with Gasteiger partial charge >= 0.3 is 0 Å². The van der Waals surface area contributed by atoms with Crippen LogP contribution < -0.4 is 5.73 Å². The molecule has 1 heterocycles. The van der Waals surface area contributed by atoms with E-state index in [0.717, 1.165) is 18.7 Å². The van der Waals surface area contributed by atoms with Crippen LogP contribution in [0.5, 0.6) is 0 Å². The van der Waals surface area contributed by atoms with Gasteiger partial charge in [-0.1, -0.05) is 11.6 Å². The van der Waals surface area contributed by atoms with E-state index >= 15 is 0 Å². The molecular formula is C7H12ClN3S. The third-order valence-electron chi connectivity index (χ3n) is 1.48. The largest absolute Gasteiger partial charge is 0.381 e. The molecule has 0 amide bonds. The molecule has 5 heteroatoms. The van der Waals surface area contributed by atoms with Crippen molar-refractivity contribution < 1.29 is 0 Å². The third-order valence-corrected chi connectivity index (χ3v) is 2.47. The summed E-state index contributed by atoms with van der Waals surface area (Å²) in [7, 11) is 0. The van der Waals surface area contributed by atoms with Crippen LogP contribution in [-0.4, -0.2) is 21.8 Å². The number of rotatable bonds is 4. The molecule has 0 unspecified atom stereocenters. The highest BCUT2D eigenvalue weighted by molar-refractivity contribution is 7.98. The van der Waals surface area contributed by atoms with Gasteiger partial charge in [0.2, 0.25) is 0 Å². The number of aryl methyl sites for hydroxylation is 1. The monoisotopic (exact) mass is 205 g/mol. The van der Waals surface area contributed by atoms with Crippen molar-refractivity contribution in [3.8, 4) is 0 Å². The highest BCUT2D eigenvalue weighted by atomic mass is 35.5. The van der Waals surface area contributed by atoms with Crippen LogP contribution in [0.3, 0.4) is 0 Å². The molecule has 0 radical (unpaired) electrons. The Balaban J connectivity index is 2.42. The van der Waals surface area contributed by atoms with Crippen LogP contribution in [0.2, 0.25) is 5.02 Å². The van der Waals surface area contributed by atoms with E-state index in [4.69, 9.17) is 17.3 Å². The Kier molecular flexibility index (Phi) is 3.75. The minimum Gasteiger partial charge on any atom is -0.381 e. The highest BCUT2D eigenvalue weighted by Crippen LogP contribution is 2.15. The first-order chi connectivity index (χ1) is 5.74. The summed E-state index contributed by atoms with van der Waals surface area (Å²) in [5, 5.41) is 4.58. The average Bonchev–Trinajstić information content (AvgIpc) is 2.32. The van der Waals surface area contributed by atoms with E-state index in [2.05, 4.69) is 11.4 Å². The number of hydrogen-bond acceptors (Lipinski definition) is 3. The molecule has 0 bridgehead atoms. The normalized spacial score (nSPS) is 10.5. The SMILES string of the molecule is CSCCCn1cc(Cl)c(N)n1. The molecule has 0 spiro atoms. The number of aromatic nitrogens is 2. The zero-order valence-corrected chi connectivity index (χ0v) is 8.53. The summed E-state index contributed by atoms with van der Waals surface area (Å²) in [6.45, 7) is 0.887. The Bertz CT molecular complexity index is 229. The molecule has 68 valence electrons. The molecule has 3 nitrogen and oxygen atoms in total. The third kappa shape index (κ3) is 2.60. The number of nitrogens with two attached hydrogens (primary N) is 1. The van der Waals surface area contributed by atoms with Gasteiger partial charge in [-0.3, -0.25) is 4.68 Å². The van der Waals surface area contributed by atoms with Crippen molar-refractivity contribution in [1.29, 1.82) is 0 Å². The maximum atomic E-state index is 5.73. The molecule has 0 atom stereocenters. The van der Waals surface area contributed by atoms with E-state index in [1.165, 1.54) is 0 Å². The summed E-state index contributed by atoms with van der Waals surface area (Å²) < 4.78 is 1.79. The summed E-state index contributed by atoms with van der Waals surface area (Å²) in [6, 6.07) is 0. The first-order valence-corrected chi connectivity index (χ1v) is 5.48. The number of thioether (sulfide) groups is 1. The van der Waals surface area contributed by atoms with Gasteiger partial charge in [0.15, 0.2) is 5.82 Å². The van der Waals surface area contributed by atoms with Gasteiger partial charge in [-0.25, -0.2) is 0 Å². The van der Waals surface area contributed by atoms with Crippen LogP contribution in [0.1, 0.15) is 6.42 Å². The maximum Gasteiger partial charge on any atom is 0.164 e. The van der Waals surface area contributed by atoms with E-state index in [-0.39, 0.29) is 0 Å². The van der Waals surface area contributed by atoms with Gasteiger partial charge in [-0.05, 0) is 18.4 Å². The lowest BCUT2D eigenvalue weighted by Crippen LogP contribution is -2.00. The summed E-state index contributed by atoms with van der Waals surface area (Å²) in [4.78, 5) is 0. The zero-order valence-electron chi connectivity index (χ0n) is 6.96. The second kappa shape index (κ2) is 4.62. The Morgan fingerprint density at radius 3 is 3.00 bits per heavy atom. The molecule has 0 saturated heterocycles. The van der Waals surface area contributed by atoms with Crippen molar-refractivity contribution in [3.63, 3.8) is 0 Å². The first-order valence-electron chi connectivity index (χ1n) is 3.71. The predicted molar refractivity (Wildman–Crippen MR) is 54.6 cm³/mol. The number of nitrogens with zero attached hydrogens (tertiary/aromatic N) is 2. The number of nitrogen functional groups attached to an aromatic ring is 1. The molecule has 12 heavy (non-hydrogen) atoms. The standard InChI is InChI=1S/C7H12ClN3S/c1-12-4-2-3-11-5-6(8)7(9)10-11/h5H,2-4H2,1H3,(H2,9,10). The predicted octanol–water partition coefficient (Wildman–Crippen LogP) is 1.87. The summed E-state index contributed by atoms with van der Waals surface area (Å²) in [5.74, 6) is 1.55. The topological polar surface area (TPSA) is 43.8 Å². The molecule has 0 aromatic carbocycles. The van der Waals surface area contributed by atoms with Gasteiger partial charge in [0.25, 0.3) is 0 Å². The van der Waals surface area contributed by atoms with E-state index in [1.54, 1.807) is 10.9 Å². The van der Waals surface area contributed by atoms with Crippen LogP contribution in [0, 0.1) is 0 Å². The molecule has 0 aliphatic rings. The molecule has 1 rings (SSSR count). The Morgan fingerprint density at radius 1 is 1.75 bits per heavy atom. The van der Waals surface area contributed by atoms with Crippen molar-refractivity contribution in [1.82, 2.24) is 9.78 Å². The molecule has 0 aliphatic carbocycles. The fraction of sp³-hybridized carbons (Fsp3) is 0.571. The van der Waals surface area contributed by atoms with Gasteiger partial charge in [0.05, 0.1) is 0 Å². The average molecular weight is 206 g/mol. The van der Waals surface area contributed by atoms with Crippen LogP contribution in [-0.2, 0) is 6.54 Å². The Labute approximate surface area is 81.3 Å². The Morgan fingerprint density at radius 2 is 2.50 bits per heavy atom. The van der Waals surface area contributed by atoms with Gasteiger partial charge in [-0.15, -0.1) is 0 Å². The molecule has 2 N–H and O–H groups in total. The fourth-order valence-electron chi connectivity index (χ4n) is 0.897. The fourth-order valence-corrected chi connectivity index (χ4v) is 1.47. The van der Waals surface area contributed by atoms with Crippen molar-refractivity contribution in [3.05, 3.63) is 11.2 Å². The van der Waals surface area contributed by atoms with Crippen molar-refractivity contribution in [2.24, 2.45) is 0 Å². The number of halogens is 1. The highest BCUT2D eigenvalue weighted by Gasteiger charge is 2.01. The summed E-state index contributed by atoms with van der Waals surface area (Å²) in [6.07, 6.45) is 4.94. The first kappa shape index (κ1) is 9.74. The zero-order chi connectivity index (χ0) is 8.97. The van der Waals surface area contributed by atoms with Gasteiger partial charge < -0.3 is 5.73 Å². The minimum atomic E-state index is 0.417. The van der Waals surface area contributed by atoms with Gasteiger partial charge in [0, 0.05) is 12.7 Å². The minimum absolute atomic E-state index is 0.417. The van der Waals surface area contributed by atoms with Crippen molar-refractivity contribution in [2.45, 2.75) is 13.0 Å². The van der Waals surface area contributed by atoms with Gasteiger partial charge in [-0.2, -0.15) is 16.9 Å². The Hall–Kier alpha value is -0.350. The lowest BCUT2D eigenvalue weighted by molar-refractivity contribution is 0.609. The van der Waals surface area contributed by atoms with E-state index in [0.29, 0.717) is 10.8 Å². The van der Waals surface area contributed by atoms with Crippen molar-refractivity contribution >= 4 is 29.2 Å².